The molecule has 0 aromatic heterocycles. The van der Waals surface area contributed by atoms with Crippen LogP contribution in [0.3, 0.4) is 0 Å². The second-order valence-electron chi connectivity index (χ2n) is 5.32. The fourth-order valence-electron chi connectivity index (χ4n) is 2.11. The second-order valence-corrected chi connectivity index (χ2v) is 5.32. The largest absolute Gasteiger partial charge is 0.0628 e. The van der Waals surface area contributed by atoms with Crippen molar-refractivity contribution in [2.75, 3.05) is 0 Å². The van der Waals surface area contributed by atoms with Gasteiger partial charge in [0.05, 0.1) is 0 Å². The van der Waals surface area contributed by atoms with E-state index in [1.165, 1.54) is 18.4 Å². The summed E-state index contributed by atoms with van der Waals surface area (Å²) >= 11 is 0. The van der Waals surface area contributed by atoms with Crippen LogP contribution >= 0.6 is 0 Å². The fraction of sp³-hybridized carbons (Fsp3) is 0.600. The maximum absolute atomic E-state index is 2.34. The van der Waals surface area contributed by atoms with Crippen LogP contribution in [0.2, 0.25) is 0 Å². The normalized spacial score (nSPS) is 13.5. The van der Waals surface area contributed by atoms with Crippen molar-refractivity contribution in [2.45, 2.75) is 40.5 Å². The van der Waals surface area contributed by atoms with E-state index in [0.29, 0.717) is 0 Å². The van der Waals surface area contributed by atoms with Crippen molar-refractivity contribution in [3.63, 3.8) is 0 Å². The molecule has 0 radical (unpaired) electrons. The minimum absolute atomic E-state index is 0.785. The highest BCUT2D eigenvalue weighted by atomic mass is 14.2. The van der Waals surface area contributed by atoms with E-state index in [0.717, 1.165) is 17.8 Å². The van der Waals surface area contributed by atoms with Gasteiger partial charge in [0.15, 0.2) is 0 Å². The molecule has 0 aliphatic carbocycles. The first-order chi connectivity index (χ1) is 7.09. The van der Waals surface area contributed by atoms with Crippen LogP contribution in [-0.4, -0.2) is 0 Å². The van der Waals surface area contributed by atoms with Crippen molar-refractivity contribution >= 4 is 0 Å². The van der Waals surface area contributed by atoms with Crippen LogP contribution in [0.25, 0.3) is 0 Å². The molecule has 0 spiro atoms. The average molecular weight is 204 g/mol. The second kappa shape index (κ2) is 5.95. The van der Waals surface area contributed by atoms with E-state index in [1.807, 2.05) is 0 Å². The van der Waals surface area contributed by atoms with E-state index in [2.05, 4.69) is 58.0 Å². The van der Waals surface area contributed by atoms with Gasteiger partial charge >= 0.3 is 0 Å². The van der Waals surface area contributed by atoms with E-state index in [9.17, 15) is 0 Å². The van der Waals surface area contributed by atoms with Crippen LogP contribution in [0.15, 0.2) is 30.3 Å². The zero-order valence-corrected chi connectivity index (χ0v) is 10.5. The molecule has 0 nitrogen and oxygen atoms in total. The molecule has 0 unspecified atom stereocenters. The molecule has 84 valence electrons. The molecule has 0 amide bonds. The Bertz CT molecular complexity index is 259. The van der Waals surface area contributed by atoms with Crippen LogP contribution in [0.1, 0.15) is 39.7 Å². The van der Waals surface area contributed by atoms with Gasteiger partial charge in [-0.1, -0.05) is 58.0 Å². The molecule has 0 bridgehead atoms. The van der Waals surface area contributed by atoms with Crippen molar-refractivity contribution in [1.29, 1.82) is 0 Å². The van der Waals surface area contributed by atoms with Crippen LogP contribution < -0.4 is 0 Å². The quantitative estimate of drug-likeness (QED) is 0.660. The number of benzene rings is 1. The molecule has 0 aliphatic heterocycles. The third-order valence-electron chi connectivity index (χ3n) is 3.06. The topological polar surface area (TPSA) is 0 Å². The molecule has 0 saturated carbocycles. The lowest BCUT2D eigenvalue weighted by atomic mass is 9.83. The van der Waals surface area contributed by atoms with Gasteiger partial charge in [0, 0.05) is 0 Å². The molecule has 1 rings (SSSR count). The Morgan fingerprint density at radius 2 is 1.53 bits per heavy atom. The lowest BCUT2D eigenvalue weighted by Crippen LogP contribution is -2.14. The first kappa shape index (κ1) is 12.3. The van der Waals surface area contributed by atoms with Crippen molar-refractivity contribution in [3.05, 3.63) is 35.9 Å². The van der Waals surface area contributed by atoms with Crippen molar-refractivity contribution in [1.82, 2.24) is 0 Å². The predicted molar refractivity (Wildman–Crippen MR) is 67.9 cm³/mol. The predicted octanol–water partition coefficient (Wildman–Crippen LogP) is 4.55. The van der Waals surface area contributed by atoms with Gasteiger partial charge < -0.3 is 0 Å². The molecule has 0 heterocycles. The smallest absolute Gasteiger partial charge is 0.0248 e. The lowest BCUT2D eigenvalue weighted by molar-refractivity contribution is 0.315. The summed E-state index contributed by atoms with van der Waals surface area (Å²) in [6, 6.07) is 10.9. The molecular weight excluding hydrogens is 180 g/mol. The molecule has 1 aromatic carbocycles. The Morgan fingerprint density at radius 3 is 2.00 bits per heavy atom. The summed E-state index contributed by atoms with van der Waals surface area (Å²) in [6.07, 6.45) is 2.57. The highest BCUT2D eigenvalue weighted by Gasteiger charge is 2.15. The van der Waals surface area contributed by atoms with Gasteiger partial charge in [0.1, 0.15) is 0 Å². The fourth-order valence-corrected chi connectivity index (χ4v) is 2.11. The third-order valence-corrected chi connectivity index (χ3v) is 3.06. The molecular formula is C15H24. The zero-order chi connectivity index (χ0) is 11.3. The highest BCUT2D eigenvalue weighted by Crippen LogP contribution is 2.24. The molecule has 0 N–H and O–H groups in total. The minimum atomic E-state index is 0.785. The summed E-state index contributed by atoms with van der Waals surface area (Å²) in [5, 5.41) is 0. The van der Waals surface area contributed by atoms with Gasteiger partial charge in [-0.05, 0) is 36.2 Å². The van der Waals surface area contributed by atoms with Gasteiger partial charge in [-0.25, -0.2) is 0 Å². The monoisotopic (exact) mass is 204 g/mol. The molecule has 15 heavy (non-hydrogen) atoms. The highest BCUT2D eigenvalue weighted by molar-refractivity contribution is 5.15. The van der Waals surface area contributed by atoms with Gasteiger partial charge in [0.2, 0.25) is 0 Å². The number of hydrogen-bond acceptors (Lipinski definition) is 0. The van der Waals surface area contributed by atoms with E-state index in [-0.39, 0.29) is 0 Å². The maximum Gasteiger partial charge on any atom is -0.0248 e. The Hall–Kier alpha value is -0.780. The van der Waals surface area contributed by atoms with E-state index < -0.39 is 0 Å². The third kappa shape index (κ3) is 4.51. The molecule has 1 atom stereocenters. The molecule has 0 saturated heterocycles. The maximum atomic E-state index is 2.34. The Balaban J connectivity index is 2.59. The summed E-state index contributed by atoms with van der Waals surface area (Å²) in [5.41, 5.74) is 1.48. The first-order valence-electron chi connectivity index (χ1n) is 6.13. The zero-order valence-electron chi connectivity index (χ0n) is 10.5. The van der Waals surface area contributed by atoms with E-state index in [1.54, 1.807) is 0 Å². The van der Waals surface area contributed by atoms with Crippen LogP contribution in [0, 0.1) is 17.8 Å². The van der Waals surface area contributed by atoms with E-state index >= 15 is 0 Å². The summed E-state index contributed by atoms with van der Waals surface area (Å²) in [6.45, 7) is 9.33. The number of hydrogen-bond donors (Lipinski definition) is 0. The van der Waals surface area contributed by atoms with Crippen LogP contribution in [-0.2, 0) is 6.42 Å². The van der Waals surface area contributed by atoms with Crippen molar-refractivity contribution < 1.29 is 0 Å². The molecule has 0 fully saturated rings. The van der Waals surface area contributed by atoms with Gasteiger partial charge in [-0.2, -0.15) is 0 Å². The standard InChI is InChI=1S/C15H24/c1-12(2)10-15(13(3)4)11-14-8-6-5-7-9-14/h5-9,12-13,15H,10-11H2,1-4H3/t15-/m1/s1. The summed E-state index contributed by atoms with van der Waals surface area (Å²) in [7, 11) is 0. The molecule has 0 heteroatoms. The van der Waals surface area contributed by atoms with Crippen molar-refractivity contribution in [2.24, 2.45) is 17.8 Å². The van der Waals surface area contributed by atoms with Gasteiger partial charge in [-0.3, -0.25) is 0 Å². The van der Waals surface area contributed by atoms with Gasteiger partial charge in [0.25, 0.3) is 0 Å². The SMILES string of the molecule is CC(C)C[C@H](Cc1ccccc1)C(C)C. The minimum Gasteiger partial charge on any atom is -0.0628 e. The Kier molecular flexibility index (Phi) is 4.87. The Morgan fingerprint density at radius 1 is 0.933 bits per heavy atom. The number of rotatable bonds is 5. The van der Waals surface area contributed by atoms with Crippen LogP contribution in [0.4, 0.5) is 0 Å². The molecule has 0 aliphatic rings. The first-order valence-corrected chi connectivity index (χ1v) is 6.13. The van der Waals surface area contributed by atoms with Crippen LogP contribution in [0.5, 0.6) is 0 Å². The van der Waals surface area contributed by atoms with E-state index in [4.69, 9.17) is 0 Å². The lowest BCUT2D eigenvalue weighted by Gasteiger charge is -2.22. The summed E-state index contributed by atoms with van der Waals surface area (Å²) < 4.78 is 0. The van der Waals surface area contributed by atoms with Gasteiger partial charge in [-0.15, -0.1) is 0 Å². The molecule has 1 aromatic rings. The van der Waals surface area contributed by atoms with Crippen molar-refractivity contribution in [3.8, 4) is 0 Å². The summed E-state index contributed by atoms with van der Waals surface area (Å²) in [5.74, 6) is 2.42. The summed E-state index contributed by atoms with van der Waals surface area (Å²) in [4.78, 5) is 0. The average Bonchev–Trinajstić information content (AvgIpc) is 2.17. The Labute approximate surface area is 94.7 Å².